The molecule has 0 atom stereocenters. The fourth-order valence-electron chi connectivity index (χ4n) is 2.24. The van der Waals surface area contributed by atoms with Gasteiger partial charge in [0.15, 0.2) is 10.1 Å². The van der Waals surface area contributed by atoms with Crippen molar-refractivity contribution in [2.45, 2.75) is 4.34 Å². The maximum Gasteiger partial charge on any atom is 0.261 e. The lowest BCUT2D eigenvalue weighted by Gasteiger charge is -1.97. The molecule has 4 rings (SSSR count). The Labute approximate surface area is 154 Å². The lowest BCUT2D eigenvalue weighted by molar-refractivity contribution is 0.106. The van der Waals surface area contributed by atoms with Gasteiger partial charge in [-0.2, -0.15) is 0 Å². The second kappa shape index (κ2) is 6.55. The van der Waals surface area contributed by atoms with Gasteiger partial charge in [0.25, 0.3) is 5.12 Å². The van der Waals surface area contributed by atoms with E-state index in [2.05, 4.69) is 20.9 Å². The summed E-state index contributed by atoms with van der Waals surface area (Å²) >= 11 is 6.01. The Morgan fingerprint density at radius 1 is 1.04 bits per heavy atom. The van der Waals surface area contributed by atoms with Gasteiger partial charge in [-0.1, -0.05) is 40.2 Å². The van der Waals surface area contributed by atoms with Crippen LogP contribution < -0.4 is 0 Å². The van der Waals surface area contributed by atoms with Crippen molar-refractivity contribution in [1.82, 2.24) is 4.98 Å². The molecule has 3 nitrogen and oxygen atoms in total. The fraction of sp³-hybridized carbons (Fsp3) is 0. The van der Waals surface area contributed by atoms with E-state index in [4.69, 9.17) is 4.42 Å². The molecule has 4 aromatic rings. The first-order valence-electron chi connectivity index (χ1n) is 7.12. The second-order valence-corrected chi connectivity index (χ2v) is 8.17. The zero-order valence-electron chi connectivity index (χ0n) is 12.2. The molecule has 0 N–H and O–H groups in total. The number of hydrogen-bond acceptors (Lipinski definition) is 5. The highest BCUT2D eigenvalue weighted by Crippen LogP contribution is 2.33. The summed E-state index contributed by atoms with van der Waals surface area (Å²) in [6.45, 7) is 0. The van der Waals surface area contributed by atoms with Crippen LogP contribution in [0, 0.1) is 0 Å². The van der Waals surface area contributed by atoms with E-state index in [1.54, 1.807) is 6.07 Å². The lowest BCUT2D eigenvalue weighted by Crippen LogP contribution is -1.89. The molecule has 24 heavy (non-hydrogen) atoms. The number of halogens is 1. The topological polar surface area (TPSA) is 43.1 Å². The van der Waals surface area contributed by atoms with Crippen molar-refractivity contribution in [1.29, 1.82) is 0 Å². The summed E-state index contributed by atoms with van der Waals surface area (Å²) in [6.07, 6.45) is 0. The summed E-state index contributed by atoms with van der Waals surface area (Å²) < 4.78 is 8.51. The van der Waals surface area contributed by atoms with Crippen LogP contribution in [0.25, 0.3) is 21.5 Å². The van der Waals surface area contributed by atoms with E-state index in [0.717, 1.165) is 36.4 Å². The molecule has 6 heteroatoms. The Morgan fingerprint density at radius 3 is 2.62 bits per heavy atom. The maximum absolute atomic E-state index is 12.4. The zero-order chi connectivity index (χ0) is 16.5. The third-order valence-electron chi connectivity index (χ3n) is 3.39. The third kappa shape index (κ3) is 3.17. The van der Waals surface area contributed by atoms with Crippen LogP contribution in [0.4, 0.5) is 0 Å². The number of fused-ring (bicyclic) bond motifs is 1. The zero-order valence-corrected chi connectivity index (χ0v) is 15.5. The Morgan fingerprint density at radius 2 is 1.83 bits per heavy atom. The van der Waals surface area contributed by atoms with Gasteiger partial charge in [0, 0.05) is 10.0 Å². The van der Waals surface area contributed by atoms with E-state index in [9.17, 15) is 4.79 Å². The van der Waals surface area contributed by atoms with Crippen molar-refractivity contribution < 1.29 is 9.21 Å². The van der Waals surface area contributed by atoms with Crippen LogP contribution in [0.15, 0.2) is 73.9 Å². The minimum absolute atomic E-state index is 0.141. The Balaban J connectivity index is 1.55. The third-order valence-corrected chi connectivity index (χ3v) is 5.90. The molecule has 0 unspecified atom stereocenters. The molecule has 0 aliphatic heterocycles. The Kier molecular flexibility index (Phi) is 4.26. The van der Waals surface area contributed by atoms with E-state index in [0.29, 0.717) is 11.5 Å². The molecule has 0 radical (unpaired) electrons. The predicted octanol–water partition coefficient (Wildman–Crippen LogP) is 6.25. The van der Waals surface area contributed by atoms with Gasteiger partial charge in [-0.15, -0.1) is 11.3 Å². The van der Waals surface area contributed by atoms with Crippen LogP contribution in [0.3, 0.4) is 0 Å². The molecule has 0 saturated heterocycles. The molecular weight excluding hydrogens is 406 g/mol. The molecule has 0 amide bonds. The first-order chi connectivity index (χ1) is 11.7. The number of furan rings is 1. The first kappa shape index (κ1) is 15.6. The van der Waals surface area contributed by atoms with Gasteiger partial charge in [0.2, 0.25) is 0 Å². The number of carbonyl (C=O) groups excluding carboxylic acids is 1. The van der Waals surface area contributed by atoms with Gasteiger partial charge in [-0.3, -0.25) is 4.79 Å². The van der Waals surface area contributed by atoms with E-state index in [1.807, 2.05) is 54.6 Å². The molecule has 2 aromatic carbocycles. The molecule has 0 aliphatic carbocycles. The number of carbonyl (C=O) groups is 1. The van der Waals surface area contributed by atoms with Crippen LogP contribution in [-0.4, -0.2) is 10.1 Å². The molecule has 118 valence electrons. The van der Waals surface area contributed by atoms with Crippen molar-refractivity contribution >= 4 is 54.4 Å². The van der Waals surface area contributed by atoms with Crippen molar-refractivity contribution in [3.63, 3.8) is 0 Å². The minimum atomic E-state index is -0.141. The highest BCUT2D eigenvalue weighted by molar-refractivity contribution is 9.10. The highest BCUT2D eigenvalue weighted by atomic mass is 79.9. The Hall–Kier alpha value is -1.89. The van der Waals surface area contributed by atoms with Gasteiger partial charge in [0.05, 0.1) is 10.2 Å². The quantitative estimate of drug-likeness (QED) is 0.370. The predicted molar refractivity (Wildman–Crippen MR) is 102 cm³/mol. The fourth-order valence-corrected chi connectivity index (χ4v) is 4.38. The summed E-state index contributed by atoms with van der Waals surface area (Å²) in [5, 5.41) is -0.141. The minimum Gasteiger partial charge on any atom is -0.452 e. The first-order valence-corrected chi connectivity index (χ1v) is 9.55. The van der Waals surface area contributed by atoms with Crippen molar-refractivity contribution in [2.75, 3.05) is 0 Å². The molecule has 0 saturated carbocycles. The van der Waals surface area contributed by atoms with E-state index in [1.165, 1.54) is 11.3 Å². The number of thioether (sulfide) groups is 1. The normalized spacial score (nSPS) is 11.0. The number of rotatable bonds is 3. The van der Waals surface area contributed by atoms with E-state index < -0.39 is 0 Å². The van der Waals surface area contributed by atoms with Crippen LogP contribution in [0.1, 0.15) is 10.6 Å². The van der Waals surface area contributed by atoms with Gasteiger partial charge in [-0.05, 0) is 48.2 Å². The van der Waals surface area contributed by atoms with Crippen molar-refractivity contribution in [3.8, 4) is 11.3 Å². The monoisotopic (exact) mass is 415 g/mol. The molecule has 0 spiro atoms. The number of nitrogens with zero attached hydrogens (tertiary/aromatic N) is 1. The van der Waals surface area contributed by atoms with E-state index >= 15 is 0 Å². The van der Waals surface area contributed by atoms with Crippen molar-refractivity contribution in [2.24, 2.45) is 0 Å². The lowest BCUT2D eigenvalue weighted by atomic mass is 10.2. The number of aromatic nitrogens is 1. The number of benzene rings is 2. The number of para-hydroxylation sites is 1. The molecule has 0 bridgehead atoms. The summed E-state index contributed by atoms with van der Waals surface area (Å²) in [4.78, 5) is 16.9. The SMILES string of the molecule is O=C(Sc1nc2ccccc2s1)c1ccc(-c2ccc(Br)cc2)o1. The average molecular weight is 416 g/mol. The number of hydrogen-bond donors (Lipinski definition) is 0. The summed E-state index contributed by atoms with van der Waals surface area (Å²) in [5.41, 5.74) is 1.84. The summed E-state index contributed by atoms with van der Waals surface area (Å²) in [5.74, 6) is 1.01. The van der Waals surface area contributed by atoms with Crippen LogP contribution in [0.5, 0.6) is 0 Å². The Bertz CT molecular complexity index is 988. The molecule has 2 aromatic heterocycles. The van der Waals surface area contributed by atoms with Crippen molar-refractivity contribution in [3.05, 3.63) is 70.9 Å². The largest absolute Gasteiger partial charge is 0.452 e. The summed E-state index contributed by atoms with van der Waals surface area (Å²) in [7, 11) is 0. The second-order valence-electron chi connectivity index (χ2n) is 5.01. The van der Waals surface area contributed by atoms with E-state index in [-0.39, 0.29) is 5.12 Å². The van der Waals surface area contributed by atoms with Crippen LogP contribution in [0.2, 0.25) is 0 Å². The van der Waals surface area contributed by atoms with Gasteiger partial charge >= 0.3 is 0 Å². The molecule has 0 fully saturated rings. The molecule has 0 aliphatic rings. The maximum atomic E-state index is 12.4. The standard InChI is InChI=1S/C18H10BrNO2S2/c19-12-7-5-11(6-8-12)14-9-10-15(22-14)17(21)24-18-20-13-3-1-2-4-16(13)23-18/h1-10H. The van der Waals surface area contributed by atoms with Gasteiger partial charge in [-0.25, -0.2) is 4.98 Å². The summed E-state index contributed by atoms with van der Waals surface area (Å²) in [6, 6.07) is 19.1. The molecular formula is C18H10BrNO2S2. The van der Waals surface area contributed by atoms with Gasteiger partial charge in [0.1, 0.15) is 5.76 Å². The van der Waals surface area contributed by atoms with Gasteiger partial charge < -0.3 is 4.42 Å². The van der Waals surface area contributed by atoms with Crippen LogP contribution in [-0.2, 0) is 0 Å². The smallest absolute Gasteiger partial charge is 0.261 e. The van der Waals surface area contributed by atoms with Crippen LogP contribution >= 0.6 is 39.0 Å². The number of thiazole rings is 1. The average Bonchev–Trinajstić information content (AvgIpc) is 3.21. The molecule has 2 heterocycles. The highest BCUT2D eigenvalue weighted by Gasteiger charge is 2.16.